The average molecular weight is 417 g/mol. The summed E-state index contributed by atoms with van der Waals surface area (Å²) < 4.78 is 31.5. The van der Waals surface area contributed by atoms with Crippen LogP contribution in [0.1, 0.15) is 28.9 Å². The van der Waals surface area contributed by atoms with Crippen LogP contribution < -0.4 is 29.0 Å². The molecule has 0 aliphatic carbocycles. The van der Waals surface area contributed by atoms with Crippen molar-refractivity contribution in [1.29, 1.82) is 0 Å². The second kappa shape index (κ2) is 9.25. The Bertz CT molecular complexity index is 943. The predicted molar refractivity (Wildman–Crippen MR) is 106 cm³/mol. The molecule has 30 heavy (non-hydrogen) atoms. The lowest BCUT2D eigenvalue weighted by Gasteiger charge is -2.16. The minimum atomic E-state index is -0.723. The Balaban J connectivity index is 1.61. The van der Waals surface area contributed by atoms with Crippen molar-refractivity contribution in [2.45, 2.75) is 13.0 Å². The number of fused-ring (bicyclic) bond motifs is 1. The van der Waals surface area contributed by atoms with Crippen LogP contribution in [0.4, 0.5) is 0 Å². The van der Waals surface area contributed by atoms with Crippen molar-refractivity contribution in [2.75, 3.05) is 34.7 Å². The minimum absolute atomic E-state index is 0.117. The molecule has 0 spiro atoms. The SMILES string of the molecule is COc1ccc(C(=O)OCC(=O)N[C@@H](C)c2ccc3c(c2)OCO3)c(OC)c1OC. The topological polar surface area (TPSA) is 102 Å². The van der Waals surface area contributed by atoms with Crippen LogP contribution in [0.2, 0.25) is 0 Å². The molecule has 1 heterocycles. The van der Waals surface area contributed by atoms with Crippen LogP contribution in [-0.2, 0) is 9.53 Å². The highest BCUT2D eigenvalue weighted by molar-refractivity contribution is 5.95. The van der Waals surface area contributed by atoms with Gasteiger partial charge in [0.2, 0.25) is 12.5 Å². The van der Waals surface area contributed by atoms with Crippen LogP contribution in [0.3, 0.4) is 0 Å². The number of hydrogen-bond acceptors (Lipinski definition) is 8. The number of benzene rings is 2. The first-order chi connectivity index (χ1) is 14.5. The van der Waals surface area contributed by atoms with Crippen molar-refractivity contribution < 1.29 is 38.0 Å². The zero-order chi connectivity index (χ0) is 21.7. The lowest BCUT2D eigenvalue weighted by molar-refractivity contribution is -0.124. The zero-order valence-electron chi connectivity index (χ0n) is 17.1. The summed E-state index contributed by atoms with van der Waals surface area (Å²) >= 11 is 0. The average Bonchev–Trinajstić information content (AvgIpc) is 3.24. The summed E-state index contributed by atoms with van der Waals surface area (Å²) in [6.45, 7) is 1.54. The summed E-state index contributed by atoms with van der Waals surface area (Å²) in [5.41, 5.74) is 0.951. The Morgan fingerprint density at radius 2 is 1.73 bits per heavy atom. The van der Waals surface area contributed by atoms with Gasteiger partial charge in [0.15, 0.2) is 29.6 Å². The Kier molecular flexibility index (Phi) is 6.51. The summed E-state index contributed by atoms with van der Waals surface area (Å²) in [7, 11) is 4.30. The Labute approximate surface area is 173 Å². The molecular weight excluding hydrogens is 394 g/mol. The first kappa shape index (κ1) is 21.1. The van der Waals surface area contributed by atoms with Gasteiger partial charge < -0.3 is 33.7 Å². The van der Waals surface area contributed by atoms with Gasteiger partial charge in [-0.05, 0) is 36.8 Å². The highest BCUT2D eigenvalue weighted by atomic mass is 16.7. The van der Waals surface area contributed by atoms with Gasteiger partial charge in [-0.1, -0.05) is 6.07 Å². The first-order valence-electron chi connectivity index (χ1n) is 9.13. The normalized spacial score (nSPS) is 12.7. The largest absolute Gasteiger partial charge is 0.493 e. The van der Waals surface area contributed by atoms with Gasteiger partial charge in [0.05, 0.1) is 27.4 Å². The number of methoxy groups -OCH3 is 3. The number of esters is 1. The molecule has 1 N–H and O–H groups in total. The third-order valence-electron chi connectivity index (χ3n) is 4.53. The van der Waals surface area contributed by atoms with E-state index in [0.29, 0.717) is 17.2 Å². The molecule has 0 bridgehead atoms. The predicted octanol–water partition coefficient (Wildman–Crippen LogP) is 2.48. The summed E-state index contributed by atoms with van der Waals surface area (Å²) in [6, 6.07) is 8.13. The van der Waals surface area contributed by atoms with E-state index in [1.165, 1.54) is 27.4 Å². The molecule has 160 valence electrons. The quantitative estimate of drug-likeness (QED) is 0.654. The van der Waals surface area contributed by atoms with E-state index in [2.05, 4.69) is 5.32 Å². The van der Waals surface area contributed by atoms with Crippen molar-refractivity contribution >= 4 is 11.9 Å². The van der Waals surface area contributed by atoms with Gasteiger partial charge >= 0.3 is 5.97 Å². The van der Waals surface area contributed by atoms with Gasteiger partial charge in [-0.15, -0.1) is 0 Å². The number of hydrogen-bond donors (Lipinski definition) is 1. The van der Waals surface area contributed by atoms with E-state index in [1.807, 2.05) is 13.0 Å². The molecule has 1 amide bonds. The lowest BCUT2D eigenvalue weighted by atomic mass is 10.1. The summed E-state index contributed by atoms with van der Waals surface area (Å²) in [5, 5.41) is 2.78. The van der Waals surface area contributed by atoms with E-state index in [-0.39, 0.29) is 29.9 Å². The van der Waals surface area contributed by atoms with E-state index in [4.69, 9.17) is 28.4 Å². The van der Waals surface area contributed by atoms with Crippen LogP contribution >= 0.6 is 0 Å². The molecule has 1 aliphatic heterocycles. The van der Waals surface area contributed by atoms with Crippen molar-refractivity contribution in [3.05, 3.63) is 41.5 Å². The van der Waals surface area contributed by atoms with Crippen molar-refractivity contribution in [3.63, 3.8) is 0 Å². The van der Waals surface area contributed by atoms with Crippen molar-refractivity contribution in [1.82, 2.24) is 5.32 Å². The van der Waals surface area contributed by atoms with Gasteiger partial charge in [0.25, 0.3) is 5.91 Å². The molecule has 2 aromatic carbocycles. The van der Waals surface area contributed by atoms with Crippen LogP contribution in [0.25, 0.3) is 0 Å². The van der Waals surface area contributed by atoms with Gasteiger partial charge in [0.1, 0.15) is 5.56 Å². The highest BCUT2D eigenvalue weighted by Crippen LogP contribution is 2.40. The smallest absolute Gasteiger partial charge is 0.342 e. The summed E-state index contributed by atoms with van der Waals surface area (Å²) in [5.74, 6) is 0.940. The Morgan fingerprint density at radius 1 is 1.00 bits per heavy atom. The molecule has 0 fully saturated rings. The zero-order valence-corrected chi connectivity index (χ0v) is 17.1. The number of rotatable bonds is 8. The number of ether oxygens (including phenoxy) is 6. The lowest BCUT2D eigenvalue weighted by Crippen LogP contribution is -2.31. The molecule has 9 heteroatoms. The monoisotopic (exact) mass is 417 g/mol. The highest BCUT2D eigenvalue weighted by Gasteiger charge is 2.23. The number of amides is 1. The molecule has 2 aromatic rings. The first-order valence-corrected chi connectivity index (χ1v) is 9.13. The maximum absolute atomic E-state index is 12.5. The third-order valence-corrected chi connectivity index (χ3v) is 4.53. The standard InChI is InChI=1S/C21H23NO8/c1-12(13-5-7-15-17(9-13)30-11-29-15)22-18(23)10-28-21(24)14-6-8-16(25-2)20(27-4)19(14)26-3/h5-9,12H,10-11H2,1-4H3,(H,22,23)/t12-/m0/s1. The van der Waals surface area contributed by atoms with Gasteiger partial charge in [-0.3, -0.25) is 4.79 Å². The second-order valence-electron chi connectivity index (χ2n) is 6.36. The molecule has 0 aromatic heterocycles. The Morgan fingerprint density at radius 3 is 2.43 bits per heavy atom. The van der Waals surface area contributed by atoms with E-state index >= 15 is 0 Å². The number of nitrogens with one attached hydrogen (secondary N) is 1. The molecular formula is C21H23NO8. The number of carbonyl (C=O) groups is 2. The van der Waals surface area contributed by atoms with Crippen LogP contribution in [-0.4, -0.2) is 46.6 Å². The van der Waals surface area contributed by atoms with Gasteiger partial charge in [-0.25, -0.2) is 4.79 Å². The molecule has 1 atom stereocenters. The number of carbonyl (C=O) groups excluding carboxylic acids is 2. The second-order valence-corrected chi connectivity index (χ2v) is 6.36. The van der Waals surface area contributed by atoms with Crippen LogP contribution in [0.15, 0.2) is 30.3 Å². The molecule has 0 radical (unpaired) electrons. The third kappa shape index (κ3) is 4.35. The molecule has 9 nitrogen and oxygen atoms in total. The molecule has 0 saturated heterocycles. The minimum Gasteiger partial charge on any atom is -0.493 e. The van der Waals surface area contributed by atoms with Gasteiger partial charge in [-0.2, -0.15) is 0 Å². The van der Waals surface area contributed by atoms with E-state index < -0.39 is 18.5 Å². The summed E-state index contributed by atoms with van der Waals surface area (Å²) in [6.07, 6.45) is 0. The fourth-order valence-corrected chi connectivity index (χ4v) is 3.02. The summed E-state index contributed by atoms with van der Waals surface area (Å²) in [4.78, 5) is 24.7. The maximum atomic E-state index is 12.5. The fourth-order valence-electron chi connectivity index (χ4n) is 3.02. The molecule has 3 rings (SSSR count). The van der Waals surface area contributed by atoms with E-state index in [1.54, 1.807) is 18.2 Å². The maximum Gasteiger partial charge on any atom is 0.342 e. The van der Waals surface area contributed by atoms with Crippen LogP contribution in [0.5, 0.6) is 28.7 Å². The van der Waals surface area contributed by atoms with Crippen LogP contribution in [0, 0.1) is 0 Å². The van der Waals surface area contributed by atoms with Gasteiger partial charge in [0, 0.05) is 0 Å². The van der Waals surface area contributed by atoms with Crippen molar-refractivity contribution in [2.24, 2.45) is 0 Å². The van der Waals surface area contributed by atoms with E-state index in [9.17, 15) is 9.59 Å². The van der Waals surface area contributed by atoms with Crippen molar-refractivity contribution in [3.8, 4) is 28.7 Å². The Hall–Kier alpha value is -3.62. The molecule has 0 saturated carbocycles. The molecule has 1 aliphatic rings. The molecule has 0 unspecified atom stereocenters. The fraction of sp³-hybridized carbons (Fsp3) is 0.333. The van der Waals surface area contributed by atoms with E-state index in [0.717, 1.165) is 5.56 Å².